The number of nitrogens with zero attached hydrogens (tertiary/aromatic N) is 2. The monoisotopic (exact) mass is 256 g/mol. The van der Waals surface area contributed by atoms with Gasteiger partial charge in [-0.1, -0.05) is 36.8 Å². The van der Waals surface area contributed by atoms with Gasteiger partial charge in [-0.05, 0) is 18.9 Å². The number of hydrogen-bond donors (Lipinski definition) is 1. The molecule has 0 amide bonds. The van der Waals surface area contributed by atoms with Gasteiger partial charge < -0.3 is 5.11 Å². The van der Waals surface area contributed by atoms with E-state index in [-0.39, 0.29) is 0 Å². The summed E-state index contributed by atoms with van der Waals surface area (Å²) in [6.45, 7) is 0. The fourth-order valence-electron chi connectivity index (χ4n) is 2.78. The number of carbonyl (C=O) groups is 1. The molecule has 0 bridgehead atoms. The van der Waals surface area contributed by atoms with Gasteiger partial charge in [0.15, 0.2) is 0 Å². The van der Waals surface area contributed by atoms with Crippen LogP contribution in [0.15, 0.2) is 36.4 Å². The van der Waals surface area contributed by atoms with Crippen LogP contribution in [0.4, 0.5) is 0 Å². The Morgan fingerprint density at radius 1 is 1.32 bits per heavy atom. The van der Waals surface area contributed by atoms with Crippen molar-refractivity contribution in [1.29, 1.82) is 0 Å². The SMILES string of the molecule is Cn1nc(-c2ccccc2)cc1C1(C(=O)O)CCC1. The molecular formula is C15H16N2O2. The van der Waals surface area contributed by atoms with Crippen molar-refractivity contribution in [3.05, 3.63) is 42.1 Å². The predicted octanol–water partition coefficient (Wildman–Crippen LogP) is 2.59. The van der Waals surface area contributed by atoms with Crippen LogP contribution in [0.25, 0.3) is 11.3 Å². The lowest BCUT2D eigenvalue weighted by molar-refractivity contribution is -0.147. The van der Waals surface area contributed by atoms with E-state index in [4.69, 9.17) is 0 Å². The van der Waals surface area contributed by atoms with Gasteiger partial charge in [-0.25, -0.2) is 0 Å². The average molecular weight is 256 g/mol. The van der Waals surface area contributed by atoms with E-state index in [2.05, 4.69) is 5.10 Å². The largest absolute Gasteiger partial charge is 0.481 e. The van der Waals surface area contributed by atoms with Crippen molar-refractivity contribution in [2.45, 2.75) is 24.7 Å². The smallest absolute Gasteiger partial charge is 0.315 e. The highest BCUT2D eigenvalue weighted by molar-refractivity contribution is 5.82. The van der Waals surface area contributed by atoms with Crippen molar-refractivity contribution < 1.29 is 9.90 Å². The molecule has 3 rings (SSSR count). The summed E-state index contributed by atoms with van der Waals surface area (Å²) in [6.07, 6.45) is 2.38. The first-order chi connectivity index (χ1) is 9.13. The molecule has 0 atom stereocenters. The summed E-state index contributed by atoms with van der Waals surface area (Å²) < 4.78 is 1.72. The second-order valence-corrected chi connectivity index (χ2v) is 5.15. The first-order valence-electron chi connectivity index (χ1n) is 6.47. The second-order valence-electron chi connectivity index (χ2n) is 5.15. The molecule has 1 aromatic heterocycles. The Morgan fingerprint density at radius 3 is 2.53 bits per heavy atom. The van der Waals surface area contributed by atoms with Crippen molar-refractivity contribution in [3.63, 3.8) is 0 Å². The maximum Gasteiger partial charge on any atom is 0.315 e. The zero-order valence-electron chi connectivity index (χ0n) is 10.8. The summed E-state index contributed by atoms with van der Waals surface area (Å²) in [7, 11) is 1.82. The Balaban J connectivity index is 2.05. The van der Waals surface area contributed by atoms with Crippen molar-refractivity contribution in [2.75, 3.05) is 0 Å². The Labute approximate surface area is 111 Å². The third-order valence-corrected chi connectivity index (χ3v) is 4.06. The Morgan fingerprint density at radius 2 is 2.00 bits per heavy atom. The second kappa shape index (κ2) is 4.23. The van der Waals surface area contributed by atoms with Gasteiger partial charge in [-0.15, -0.1) is 0 Å². The molecule has 0 radical (unpaired) electrons. The minimum Gasteiger partial charge on any atom is -0.481 e. The lowest BCUT2D eigenvalue weighted by Crippen LogP contribution is -2.43. The van der Waals surface area contributed by atoms with Crippen molar-refractivity contribution in [3.8, 4) is 11.3 Å². The number of benzene rings is 1. The van der Waals surface area contributed by atoms with Crippen LogP contribution in [0.3, 0.4) is 0 Å². The minimum atomic E-state index is -0.735. The molecule has 1 aromatic carbocycles. The summed E-state index contributed by atoms with van der Waals surface area (Å²) in [5.41, 5.74) is 1.94. The van der Waals surface area contributed by atoms with E-state index in [1.165, 1.54) is 0 Å². The van der Waals surface area contributed by atoms with E-state index in [0.717, 1.165) is 23.4 Å². The first-order valence-corrected chi connectivity index (χ1v) is 6.47. The standard InChI is InChI=1S/C15H16N2O2/c1-17-13(15(14(18)19)8-5-9-15)10-12(16-17)11-6-3-2-4-7-11/h2-4,6-7,10H,5,8-9H2,1H3,(H,18,19). The van der Waals surface area contributed by atoms with Crippen LogP contribution in [-0.2, 0) is 17.3 Å². The summed E-state index contributed by atoms with van der Waals surface area (Å²) in [5.74, 6) is -0.735. The summed E-state index contributed by atoms with van der Waals surface area (Å²) in [6, 6.07) is 11.8. The van der Waals surface area contributed by atoms with Gasteiger partial charge in [-0.3, -0.25) is 9.48 Å². The number of aromatic nitrogens is 2. The molecule has 1 fully saturated rings. The van der Waals surface area contributed by atoms with E-state index in [0.29, 0.717) is 12.8 Å². The minimum absolute atomic E-state index is 0.704. The number of aliphatic carboxylic acids is 1. The maximum absolute atomic E-state index is 11.6. The zero-order chi connectivity index (χ0) is 13.5. The number of rotatable bonds is 3. The van der Waals surface area contributed by atoms with E-state index in [9.17, 15) is 9.90 Å². The number of aryl methyl sites for hydroxylation is 1. The number of carboxylic acid groups (broad SMARTS) is 1. The third-order valence-electron chi connectivity index (χ3n) is 4.06. The fraction of sp³-hybridized carbons (Fsp3) is 0.333. The first kappa shape index (κ1) is 12.0. The topological polar surface area (TPSA) is 55.1 Å². The van der Waals surface area contributed by atoms with Crippen molar-refractivity contribution >= 4 is 5.97 Å². The average Bonchev–Trinajstić information content (AvgIpc) is 2.71. The van der Waals surface area contributed by atoms with Crippen LogP contribution in [0, 0.1) is 0 Å². The third kappa shape index (κ3) is 1.75. The molecule has 1 saturated carbocycles. The van der Waals surface area contributed by atoms with Gasteiger partial charge in [0.05, 0.1) is 11.4 Å². The van der Waals surface area contributed by atoms with Gasteiger partial charge in [0.2, 0.25) is 0 Å². The molecular weight excluding hydrogens is 240 g/mol. The molecule has 1 N–H and O–H groups in total. The molecule has 1 heterocycles. The predicted molar refractivity (Wildman–Crippen MR) is 71.8 cm³/mol. The highest BCUT2D eigenvalue weighted by atomic mass is 16.4. The van der Waals surface area contributed by atoms with E-state index < -0.39 is 11.4 Å². The van der Waals surface area contributed by atoms with Gasteiger partial charge in [0.25, 0.3) is 0 Å². The summed E-state index contributed by atoms with van der Waals surface area (Å²) in [5, 5.41) is 14.0. The fourth-order valence-corrected chi connectivity index (χ4v) is 2.78. The van der Waals surface area contributed by atoms with Crippen LogP contribution in [0.1, 0.15) is 25.0 Å². The van der Waals surface area contributed by atoms with E-state index in [1.807, 2.05) is 43.4 Å². The quantitative estimate of drug-likeness (QED) is 0.918. The summed E-state index contributed by atoms with van der Waals surface area (Å²) >= 11 is 0. The Hall–Kier alpha value is -2.10. The van der Waals surface area contributed by atoms with Crippen LogP contribution in [0.5, 0.6) is 0 Å². The van der Waals surface area contributed by atoms with Gasteiger partial charge in [0.1, 0.15) is 5.41 Å². The lowest BCUT2D eigenvalue weighted by atomic mass is 9.66. The highest BCUT2D eigenvalue weighted by Crippen LogP contribution is 2.44. The van der Waals surface area contributed by atoms with Crippen molar-refractivity contribution in [1.82, 2.24) is 9.78 Å². The van der Waals surface area contributed by atoms with Crippen LogP contribution in [-0.4, -0.2) is 20.9 Å². The van der Waals surface area contributed by atoms with Gasteiger partial charge in [-0.2, -0.15) is 5.10 Å². The van der Waals surface area contributed by atoms with Gasteiger partial charge in [0, 0.05) is 12.6 Å². The lowest BCUT2D eigenvalue weighted by Gasteiger charge is -2.37. The molecule has 19 heavy (non-hydrogen) atoms. The maximum atomic E-state index is 11.6. The molecule has 1 aliphatic carbocycles. The van der Waals surface area contributed by atoms with Crippen LogP contribution < -0.4 is 0 Å². The molecule has 0 aliphatic heterocycles. The normalized spacial score (nSPS) is 16.9. The van der Waals surface area contributed by atoms with Crippen LogP contribution >= 0.6 is 0 Å². The molecule has 0 spiro atoms. The Kier molecular flexibility index (Phi) is 2.66. The highest BCUT2D eigenvalue weighted by Gasteiger charge is 2.48. The molecule has 0 saturated heterocycles. The molecule has 2 aromatic rings. The number of carboxylic acids is 1. The molecule has 4 nitrogen and oxygen atoms in total. The van der Waals surface area contributed by atoms with Crippen molar-refractivity contribution in [2.24, 2.45) is 7.05 Å². The molecule has 0 unspecified atom stereocenters. The molecule has 4 heteroatoms. The van der Waals surface area contributed by atoms with Gasteiger partial charge >= 0.3 is 5.97 Å². The van der Waals surface area contributed by atoms with Crippen LogP contribution in [0.2, 0.25) is 0 Å². The van der Waals surface area contributed by atoms with E-state index >= 15 is 0 Å². The Bertz CT molecular complexity index is 612. The molecule has 1 aliphatic rings. The molecule has 98 valence electrons. The summed E-state index contributed by atoms with van der Waals surface area (Å²) in [4.78, 5) is 11.6. The van der Waals surface area contributed by atoms with E-state index in [1.54, 1.807) is 4.68 Å². The zero-order valence-corrected chi connectivity index (χ0v) is 10.8. The number of hydrogen-bond acceptors (Lipinski definition) is 2.